The highest BCUT2D eigenvalue weighted by Crippen LogP contribution is 2.35. The third-order valence-electron chi connectivity index (χ3n) is 2.90. The maximum Gasteiger partial charge on any atom is 0.417 e. The lowest BCUT2D eigenvalue weighted by Crippen LogP contribution is -2.06. The summed E-state index contributed by atoms with van der Waals surface area (Å²) in [5.41, 5.74) is 6.96. The number of hydrogen-bond acceptors (Lipinski definition) is 3. The summed E-state index contributed by atoms with van der Waals surface area (Å²) in [6.07, 6.45) is -3.82. The Morgan fingerprint density at radius 1 is 1.14 bits per heavy atom. The van der Waals surface area contributed by atoms with Gasteiger partial charge in [-0.2, -0.15) is 13.2 Å². The number of alkyl halides is 3. The summed E-state index contributed by atoms with van der Waals surface area (Å²) in [5, 5.41) is -0.210. The molecule has 112 valence electrons. The van der Waals surface area contributed by atoms with Gasteiger partial charge in [0.2, 0.25) is 5.88 Å². The molecular formula is C14H12ClF3N2O. The summed E-state index contributed by atoms with van der Waals surface area (Å²) in [4.78, 5) is 3.63. The van der Waals surface area contributed by atoms with Gasteiger partial charge >= 0.3 is 6.18 Å². The van der Waals surface area contributed by atoms with Crippen LogP contribution in [0.2, 0.25) is 5.02 Å². The number of aryl methyl sites for hydroxylation is 2. The minimum Gasteiger partial charge on any atom is -0.437 e. The minimum atomic E-state index is -4.50. The van der Waals surface area contributed by atoms with E-state index in [1.807, 2.05) is 0 Å². The van der Waals surface area contributed by atoms with E-state index in [1.54, 1.807) is 26.0 Å². The van der Waals surface area contributed by atoms with Gasteiger partial charge in [0.05, 0.1) is 5.56 Å². The van der Waals surface area contributed by atoms with Crippen LogP contribution < -0.4 is 10.5 Å². The van der Waals surface area contributed by atoms with Gasteiger partial charge in [0.1, 0.15) is 10.8 Å². The van der Waals surface area contributed by atoms with Crippen molar-refractivity contribution in [2.45, 2.75) is 20.0 Å². The molecular weight excluding hydrogens is 305 g/mol. The Labute approximate surface area is 124 Å². The Hall–Kier alpha value is -1.95. The second-order valence-corrected chi connectivity index (χ2v) is 4.99. The zero-order valence-electron chi connectivity index (χ0n) is 11.3. The fraction of sp³-hybridized carbons (Fsp3) is 0.214. The highest BCUT2D eigenvalue weighted by atomic mass is 35.5. The number of pyridine rings is 1. The summed E-state index contributed by atoms with van der Waals surface area (Å²) in [6.45, 7) is 3.56. The molecule has 7 heteroatoms. The number of nitrogens with zero attached hydrogens (tertiary/aromatic N) is 1. The average molecular weight is 317 g/mol. The standard InChI is InChI=1S/C14H12ClF3N2O/c1-7-4-12(8(2)3-11(7)19)21-13-10(15)5-9(6-20-13)14(16,17)18/h3-6H,19H2,1-2H3. The summed E-state index contributed by atoms with van der Waals surface area (Å²) >= 11 is 5.80. The van der Waals surface area contributed by atoms with E-state index in [4.69, 9.17) is 22.1 Å². The predicted molar refractivity (Wildman–Crippen MR) is 74.7 cm³/mol. The van der Waals surface area contributed by atoms with Crippen molar-refractivity contribution in [3.05, 3.63) is 46.1 Å². The molecule has 0 amide bonds. The summed E-state index contributed by atoms with van der Waals surface area (Å²) in [5.74, 6) is 0.354. The molecule has 0 atom stereocenters. The second kappa shape index (κ2) is 5.44. The van der Waals surface area contributed by atoms with Crippen molar-refractivity contribution < 1.29 is 17.9 Å². The van der Waals surface area contributed by atoms with Gasteiger partial charge in [-0.1, -0.05) is 11.6 Å². The van der Waals surface area contributed by atoms with Gasteiger partial charge in [0.25, 0.3) is 0 Å². The maximum atomic E-state index is 12.5. The number of aromatic nitrogens is 1. The molecule has 1 heterocycles. The van der Waals surface area contributed by atoms with Gasteiger partial charge < -0.3 is 10.5 Å². The van der Waals surface area contributed by atoms with Crippen molar-refractivity contribution in [2.24, 2.45) is 0 Å². The van der Waals surface area contributed by atoms with Gasteiger partial charge in [0, 0.05) is 11.9 Å². The molecule has 21 heavy (non-hydrogen) atoms. The highest BCUT2D eigenvalue weighted by Gasteiger charge is 2.31. The number of benzene rings is 1. The fourth-order valence-electron chi connectivity index (χ4n) is 1.68. The third kappa shape index (κ3) is 3.39. The quantitative estimate of drug-likeness (QED) is 0.814. The lowest BCUT2D eigenvalue weighted by Gasteiger charge is -2.13. The molecule has 0 saturated carbocycles. The van der Waals surface area contributed by atoms with Gasteiger partial charge in [0.15, 0.2) is 0 Å². The van der Waals surface area contributed by atoms with Crippen molar-refractivity contribution in [1.82, 2.24) is 4.98 Å². The predicted octanol–water partition coefficient (Wildman–Crippen LogP) is 4.75. The molecule has 0 unspecified atom stereocenters. The molecule has 0 aliphatic rings. The SMILES string of the molecule is Cc1cc(Oc2ncc(C(F)(F)F)cc2Cl)c(C)cc1N. The Morgan fingerprint density at radius 3 is 2.38 bits per heavy atom. The van der Waals surface area contributed by atoms with Crippen LogP contribution in [0, 0.1) is 13.8 Å². The van der Waals surface area contributed by atoms with Crippen LogP contribution in [0.3, 0.4) is 0 Å². The first-order chi connectivity index (χ1) is 9.68. The number of ether oxygens (including phenoxy) is 1. The Balaban J connectivity index is 2.35. The molecule has 0 saturated heterocycles. The van der Waals surface area contributed by atoms with Gasteiger partial charge in [-0.15, -0.1) is 0 Å². The van der Waals surface area contributed by atoms with Crippen LogP contribution in [-0.2, 0) is 6.18 Å². The van der Waals surface area contributed by atoms with Crippen LogP contribution in [0.15, 0.2) is 24.4 Å². The van der Waals surface area contributed by atoms with E-state index in [9.17, 15) is 13.2 Å². The number of nitrogens with two attached hydrogens (primary N) is 1. The monoisotopic (exact) mass is 316 g/mol. The Morgan fingerprint density at radius 2 is 1.81 bits per heavy atom. The second-order valence-electron chi connectivity index (χ2n) is 4.59. The molecule has 0 spiro atoms. The van der Waals surface area contributed by atoms with E-state index >= 15 is 0 Å². The topological polar surface area (TPSA) is 48.1 Å². The maximum absolute atomic E-state index is 12.5. The molecule has 0 aliphatic heterocycles. The van der Waals surface area contributed by atoms with Gasteiger partial charge in [-0.25, -0.2) is 4.98 Å². The Kier molecular flexibility index (Phi) is 4.00. The molecule has 3 nitrogen and oxygen atoms in total. The zero-order chi connectivity index (χ0) is 15.8. The van der Waals surface area contributed by atoms with E-state index in [0.717, 1.165) is 17.2 Å². The number of halogens is 4. The molecule has 0 bridgehead atoms. The number of anilines is 1. The molecule has 2 N–H and O–H groups in total. The van der Waals surface area contributed by atoms with Gasteiger partial charge in [-0.05, 0) is 43.2 Å². The van der Waals surface area contributed by atoms with Crippen LogP contribution in [0.25, 0.3) is 0 Å². The molecule has 0 fully saturated rings. The third-order valence-corrected chi connectivity index (χ3v) is 3.18. The van der Waals surface area contributed by atoms with E-state index < -0.39 is 11.7 Å². The van der Waals surface area contributed by atoms with Crippen molar-refractivity contribution in [3.63, 3.8) is 0 Å². The number of hydrogen-bond donors (Lipinski definition) is 1. The van der Waals surface area contributed by atoms with Crippen LogP contribution in [-0.4, -0.2) is 4.98 Å². The first-order valence-electron chi connectivity index (χ1n) is 5.96. The molecule has 1 aromatic carbocycles. The Bertz CT molecular complexity index is 687. The van der Waals surface area contributed by atoms with E-state index in [0.29, 0.717) is 17.6 Å². The highest BCUT2D eigenvalue weighted by molar-refractivity contribution is 6.31. The summed E-state index contributed by atoms with van der Waals surface area (Å²) in [6, 6.07) is 4.17. The van der Waals surface area contributed by atoms with Crippen LogP contribution >= 0.6 is 11.6 Å². The van der Waals surface area contributed by atoms with E-state index in [2.05, 4.69) is 4.98 Å². The molecule has 1 aromatic heterocycles. The first-order valence-corrected chi connectivity index (χ1v) is 6.33. The summed E-state index contributed by atoms with van der Waals surface area (Å²) in [7, 11) is 0. The summed E-state index contributed by atoms with van der Waals surface area (Å²) < 4.78 is 43.1. The minimum absolute atomic E-state index is 0.0862. The molecule has 2 rings (SSSR count). The van der Waals surface area contributed by atoms with Crippen LogP contribution in [0.1, 0.15) is 16.7 Å². The smallest absolute Gasteiger partial charge is 0.417 e. The number of nitrogen functional groups attached to an aromatic ring is 1. The van der Waals surface area contributed by atoms with Crippen molar-refractivity contribution >= 4 is 17.3 Å². The first kappa shape index (κ1) is 15.4. The molecule has 2 aromatic rings. The fourth-order valence-corrected chi connectivity index (χ4v) is 1.89. The number of rotatable bonds is 2. The van der Waals surface area contributed by atoms with Gasteiger partial charge in [-0.3, -0.25) is 0 Å². The van der Waals surface area contributed by atoms with Crippen molar-refractivity contribution in [2.75, 3.05) is 5.73 Å². The largest absolute Gasteiger partial charge is 0.437 e. The van der Waals surface area contributed by atoms with Crippen molar-refractivity contribution in [3.8, 4) is 11.6 Å². The average Bonchev–Trinajstić information content (AvgIpc) is 2.36. The van der Waals surface area contributed by atoms with Crippen molar-refractivity contribution in [1.29, 1.82) is 0 Å². The molecule has 0 aliphatic carbocycles. The normalized spacial score (nSPS) is 11.5. The lowest BCUT2D eigenvalue weighted by atomic mass is 10.1. The lowest BCUT2D eigenvalue weighted by molar-refractivity contribution is -0.137. The van der Waals surface area contributed by atoms with Crippen LogP contribution in [0.4, 0.5) is 18.9 Å². The van der Waals surface area contributed by atoms with E-state index in [-0.39, 0.29) is 10.9 Å². The van der Waals surface area contributed by atoms with E-state index in [1.165, 1.54) is 0 Å². The molecule has 0 radical (unpaired) electrons. The zero-order valence-corrected chi connectivity index (χ0v) is 12.0. The van der Waals surface area contributed by atoms with Crippen LogP contribution in [0.5, 0.6) is 11.6 Å².